The van der Waals surface area contributed by atoms with Crippen LogP contribution in [0.1, 0.15) is 10.4 Å². The third kappa shape index (κ3) is 5.05. The van der Waals surface area contributed by atoms with Gasteiger partial charge in [-0.1, -0.05) is 0 Å². The SMILES string of the molecule is COC(=O)c1cnc(Oc2ccc(OCCO)cc2)c(S(=O)(=O)N2CCOCC2)c1. The molecule has 1 aliphatic rings. The summed E-state index contributed by atoms with van der Waals surface area (Å²) in [5.41, 5.74) is -0.00978. The lowest BCUT2D eigenvalue weighted by molar-refractivity contribution is 0.0599. The second-order valence-electron chi connectivity index (χ2n) is 6.18. The molecule has 0 aliphatic carbocycles. The molecule has 1 fully saturated rings. The Morgan fingerprint density at radius 3 is 2.50 bits per heavy atom. The van der Waals surface area contributed by atoms with Crippen LogP contribution in [0.5, 0.6) is 17.4 Å². The molecule has 0 atom stereocenters. The Morgan fingerprint density at radius 2 is 1.87 bits per heavy atom. The molecule has 30 heavy (non-hydrogen) atoms. The maximum absolute atomic E-state index is 13.2. The number of benzene rings is 1. The predicted octanol–water partition coefficient (Wildman–Crippen LogP) is 1.05. The molecule has 0 spiro atoms. The minimum atomic E-state index is -3.99. The lowest BCUT2D eigenvalue weighted by Crippen LogP contribution is -2.40. The van der Waals surface area contributed by atoms with Crippen LogP contribution in [0.2, 0.25) is 0 Å². The fourth-order valence-electron chi connectivity index (χ4n) is 2.73. The average Bonchev–Trinajstić information content (AvgIpc) is 2.78. The van der Waals surface area contributed by atoms with Crippen LogP contribution in [-0.2, 0) is 19.5 Å². The number of carbonyl (C=O) groups excluding carboxylic acids is 1. The van der Waals surface area contributed by atoms with Gasteiger partial charge in [-0.15, -0.1) is 0 Å². The summed E-state index contributed by atoms with van der Waals surface area (Å²) in [4.78, 5) is 15.7. The molecular formula is C19H22N2O8S. The van der Waals surface area contributed by atoms with Gasteiger partial charge < -0.3 is 24.1 Å². The molecular weight excluding hydrogens is 416 g/mol. The van der Waals surface area contributed by atoms with Crippen LogP contribution in [-0.4, -0.2) is 75.4 Å². The van der Waals surface area contributed by atoms with E-state index in [4.69, 9.17) is 19.3 Å². The number of esters is 1. The fourth-order valence-corrected chi connectivity index (χ4v) is 4.23. The lowest BCUT2D eigenvalue weighted by atomic mass is 10.3. The number of ether oxygens (including phenoxy) is 4. The standard InChI is InChI=1S/C19H22N2O8S/c1-26-19(23)14-12-17(30(24,25)21-6-9-27-10-7-21)18(20-13-14)29-16-4-2-15(3-5-16)28-11-8-22/h2-5,12-13,22H,6-11H2,1H3. The summed E-state index contributed by atoms with van der Waals surface area (Å²) in [6, 6.07) is 7.58. The van der Waals surface area contributed by atoms with Gasteiger partial charge in [-0.25, -0.2) is 18.2 Å². The van der Waals surface area contributed by atoms with Crippen molar-refractivity contribution in [2.24, 2.45) is 0 Å². The highest BCUT2D eigenvalue weighted by molar-refractivity contribution is 7.89. The zero-order valence-corrected chi connectivity index (χ0v) is 17.1. The number of aliphatic hydroxyl groups excluding tert-OH is 1. The Bertz CT molecular complexity index is 973. The minimum Gasteiger partial charge on any atom is -0.491 e. The monoisotopic (exact) mass is 438 g/mol. The molecule has 0 saturated carbocycles. The largest absolute Gasteiger partial charge is 0.491 e. The summed E-state index contributed by atoms with van der Waals surface area (Å²) in [6.07, 6.45) is 1.19. The lowest BCUT2D eigenvalue weighted by Gasteiger charge is -2.26. The highest BCUT2D eigenvalue weighted by Gasteiger charge is 2.31. The highest BCUT2D eigenvalue weighted by Crippen LogP contribution is 2.31. The molecule has 1 aromatic carbocycles. The van der Waals surface area contributed by atoms with E-state index < -0.39 is 16.0 Å². The van der Waals surface area contributed by atoms with Crippen molar-refractivity contribution in [3.05, 3.63) is 42.1 Å². The number of methoxy groups -OCH3 is 1. The van der Waals surface area contributed by atoms with Gasteiger partial charge in [0.2, 0.25) is 15.9 Å². The van der Waals surface area contributed by atoms with Gasteiger partial charge in [0.15, 0.2) is 0 Å². The van der Waals surface area contributed by atoms with Crippen molar-refractivity contribution < 1.29 is 37.3 Å². The first-order chi connectivity index (χ1) is 14.5. The third-order valence-electron chi connectivity index (χ3n) is 4.23. The number of sulfonamides is 1. The van der Waals surface area contributed by atoms with Gasteiger partial charge in [0.25, 0.3) is 0 Å². The zero-order chi connectivity index (χ0) is 21.6. The second-order valence-corrected chi connectivity index (χ2v) is 8.09. The summed E-state index contributed by atoms with van der Waals surface area (Å²) < 4.78 is 48.5. The number of rotatable bonds is 8. The molecule has 3 rings (SSSR count). The maximum Gasteiger partial charge on any atom is 0.339 e. The van der Waals surface area contributed by atoms with Crippen molar-refractivity contribution in [3.63, 3.8) is 0 Å². The Hall–Kier alpha value is -2.73. The van der Waals surface area contributed by atoms with E-state index in [9.17, 15) is 13.2 Å². The second kappa shape index (κ2) is 9.85. The van der Waals surface area contributed by atoms with E-state index in [0.29, 0.717) is 11.5 Å². The van der Waals surface area contributed by atoms with Gasteiger partial charge in [-0.05, 0) is 30.3 Å². The molecule has 0 amide bonds. The summed E-state index contributed by atoms with van der Waals surface area (Å²) in [5.74, 6) is -0.0364. The quantitative estimate of drug-likeness (QED) is 0.602. The van der Waals surface area contributed by atoms with Gasteiger partial charge >= 0.3 is 5.97 Å². The molecule has 162 valence electrons. The number of hydrogen-bond donors (Lipinski definition) is 1. The van der Waals surface area contributed by atoms with Crippen LogP contribution in [0, 0.1) is 0 Å². The molecule has 10 nitrogen and oxygen atoms in total. The number of pyridine rings is 1. The molecule has 0 bridgehead atoms. The highest BCUT2D eigenvalue weighted by atomic mass is 32.2. The summed E-state index contributed by atoms with van der Waals surface area (Å²) in [6.45, 7) is 0.947. The smallest absolute Gasteiger partial charge is 0.339 e. The van der Waals surface area contributed by atoms with Crippen molar-refractivity contribution in [2.75, 3.05) is 46.6 Å². The Labute approximate surface area is 174 Å². The van der Waals surface area contributed by atoms with Crippen LogP contribution in [0.4, 0.5) is 0 Å². The van der Waals surface area contributed by atoms with Crippen molar-refractivity contribution in [1.29, 1.82) is 0 Å². The van der Waals surface area contributed by atoms with Crippen LogP contribution in [0.3, 0.4) is 0 Å². The van der Waals surface area contributed by atoms with Crippen LogP contribution >= 0.6 is 0 Å². The number of carbonyl (C=O) groups is 1. The molecule has 1 N–H and O–H groups in total. The van der Waals surface area contributed by atoms with Crippen molar-refractivity contribution in [1.82, 2.24) is 9.29 Å². The maximum atomic E-state index is 13.2. The predicted molar refractivity (Wildman–Crippen MR) is 104 cm³/mol. The molecule has 2 aromatic rings. The topological polar surface area (TPSA) is 124 Å². The van der Waals surface area contributed by atoms with E-state index in [0.717, 1.165) is 0 Å². The molecule has 2 heterocycles. The number of aliphatic hydroxyl groups is 1. The van der Waals surface area contributed by atoms with E-state index in [-0.39, 0.29) is 55.9 Å². The van der Waals surface area contributed by atoms with Crippen LogP contribution in [0.15, 0.2) is 41.4 Å². The van der Waals surface area contributed by atoms with E-state index in [2.05, 4.69) is 9.72 Å². The molecule has 0 radical (unpaired) electrons. The van der Waals surface area contributed by atoms with Crippen molar-refractivity contribution >= 4 is 16.0 Å². The fraction of sp³-hybridized carbons (Fsp3) is 0.368. The molecule has 1 aromatic heterocycles. The Morgan fingerprint density at radius 1 is 1.20 bits per heavy atom. The summed E-state index contributed by atoms with van der Waals surface area (Å²) >= 11 is 0. The van der Waals surface area contributed by atoms with E-state index in [1.54, 1.807) is 24.3 Å². The number of morpholine rings is 1. The van der Waals surface area contributed by atoms with Crippen molar-refractivity contribution in [3.8, 4) is 17.4 Å². The van der Waals surface area contributed by atoms with Gasteiger partial charge in [-0.2, -0.15) is 4.31 Å². The van der Waals surface area contributed by atoms with Gasteiger partial charge in [0.1, 0.15) is 23.0 Å². The van der Waals surface area contributed by atoms with Gasteiger partial charge in [0, 0.05) is 19.3 Å². The molecule has 11 heteroatoms. The molecule has 0 unspecified atom stereocenters. The molecule has 1 aliphatic heterocycles. The van der Waals surface area contributed by atoms with Gasteiger partial charge in [0.05, 0.1) is 32.5 Å². The molecule has 1 saturated heterocycles. The normalized spacial score (nSPS) is 14.9. The average molecular weight is 438 g/mol. The van der Waals surface area contributed by atoms with Gasteiger partial charge in [-0.3, -0.25) is 0 Å². The first-order valence-electron chi connectivity index (χ1n) is 9.13. The Kier molecular flexibility index (Phi) is 7.21. The summed E-state index contributed by atoms with van der Waals surface area (Å²) in [7, 11) is -2.79. The number of aromatic nitrogens is 1. The first-order valence-corrected chi connectivity index (χ1v) is 10.6. The van der Waals surface area contributed by atoms with Crippen LogP contribution < -0.4 is 9.47 Å². The number of hydrogen-bond acceptors (Lipinski definition) is 9. The minimum absolute atomic E-state index is 0.00978. The summed E-state index contributed by atoms with van der Waals surface area (Å²) in [5, 5.41) is 8.81. The first kappa shape index (κ1) is 22.0. The van der Waals surface area contributed by atoms with E-state index in [1.807, 2.05) is 0 Å². The van der Waals surface area contributed by atoms with E-state index >= 15 is 0 Å². The Balaban J connectivity index is 1.94. The third-order valence-corrected chi connectivity index (χ3v) is 6.12. The van der Waals surface area contributed by atoms with Crippen molar-refractivity contribution in [2.45, 2.75) is 4.90 Å². The van der Waals surface area contributed by atoms with Crippen LogP contribution in [0.25, 0.3) is 0 Å². The number of nitrogens with zero attached hydrogens (tertiary/aromatic N) is 2. The zero-order valence-electron chi connectivity index (χ0n) is 16.3. The van der Waals surface area contributed by atoms with E-state index in [1.165, 1.54) is 23.7 Å².